The molecule has 0 fully saturated rings. The average molecular weight is 530 g/mol. The number of anilines is 1. The van der Waals surface area contributed by atoms with E-state index >= 15 is 0 Å². The molecule has 5 nitrogen and oxygen atoms in total. The topological polar surface area (TPSA) is 72.5 Å². The molecule has 1 amide bonds. The van der Waals surface area contributed by atoms with Gasteiger partial charge in [-0.3, -0.25) is 14.4 Å². The van der Waals surface area contributed by atoms with Crippen molar-refractivity contribution in [3.8, 4) is 0 Å². The zero-order valence-corrected chi connectivity index (χ0v) is 21.2. The van der Waals surface area contributed by atoms with Gasteiger partial charge in [0.15, 0.2) is 6.10 Å². The molecule has 0 radical (unpaired) electrons. The van der Waals surface area contributed by atoms with E-state index in [1.54, 1.807) is 36.0 Å². The van der Waals surface area contributed by atoms with Crippen LogP contribution in [-0.4, -0.2) is 29.6 Å². The van der Waals surface area contributed by atoms with Crippen LogP contribution in [0.4, 0.5) is 5.69 Å². The number of rotatable bonds is 12. The molecule has 1 atom stereocenters. The molecule has 0 aliphatic heterocycles. The zero-order chi connectivity index (χ0) is 25.0. The Morgan fingerprint density at radius 3 is 2.17 bits per heavy atom. The van der Waals surface area contributed by atoms with E-state index in [1.807, 2.05) is 54.6 Å². The number of nitrogens with one attached hydrogen (secondary N) is 1. The van der Waals surface area contributed by atoms with Gasteiger partial charge in [-0.1, -0.05) is 41.6 Å². The van der Waals surface area contributed by atoms with E-state index < -0.39 is 12.1 Å². The quantitative estimate of drug-likeness (QED) is 0.155. The number of esters is 1. The van der Waals surface area contributed by atoms with Gasteiger partial charge in [-0.2, -0.15) is 0 Å². The lowest BCUT2D eigenvalue weighted by Gasteiger charge is -2.16. The number of carbonyl (C=O) groups is 3. The molecular formula is C27H25Cl2NO4S. The fourth-order valence-electron chi connectivity index (χ4n) is 3.21. The summed E-state index contributed by atoms with van der Waals surface area (Å²) in [5, 5.41) is 3.34. The predicted molar refractivity (Wildman–Crippen MR) is 140 cm³/mol. The van der Waals surface area contributed by atoms with Crippen LogP contribution in [0.25, 0.3) is 0 Å². The first-order valence-corrected chi connectivity index (χ1v) is 12.9. The SMILES string of the molecule is O=C(CCCC(=O)OC(CCCl)C(=O)c1ccc(Cl)cc1)Nc1ccc(Sc2ccccc2)cc1. The number of halogens is 2. The molecule has 0 aliphatic rings. The van der Waals surface area contributed by atoms with Crippen molar-refractivity contribution in [2.24, 2.45) is 0 Å². The second kappa shape index (κ2) is 13.9. The first kappa shape index (κ1) is 26.8. The van der Waals surface area contributed by atoms with E-state index in [-0.39, 0.29) is 36.8 Å². The number of benzene rings is 3. The summed E-state index contributed by atoms with van der Waals surface area (Å²) >= 11 is 13.3. The molecule has 0 bridgehead atoms. The van der Waals surface area contributed by atoms with E-state index in [9.17, 15) is 14.4 Å². The Balaban J connectivity index is 1.42. The Kier molecular flexibility index (Phi) is 10.7. The van der Waals surface area contributed by atoms with Gasteiger partial charge in [0.25, 0.3) is 0 Å². The lowest BCUT2D eigenvalue weighted by atomic mass is 10.0. The van der Waals surface area contributed by atoms with Crippen LogP contribution >= 0.6 is 35.0 Å². The second-order valence-electron chi connectivity index (χ2n) is 7.67. The standard InChI is InChI=1S/C27H25Cl2NO4S/c28-18-17-24(27(33)19-9-11-20(29)12-10-19)34-26(32)8-4-7-25(31)30-21-13-15-23(16-14-21)35-22-5-2-1-3-6-22/h1-3,5-6,9-16,24H,4,7-8,17-18H2,(H,30,31). The summed E-state index contributed by atoms with van der Waals surface area (Å²) in [5.41, 5.74) is 1.08. The van der Waals surface area contributed by atoms with Gasteiger partial charge in [-0.05, 0) is 67.1 Å². The Labute approximate surface area is 219 Å². The van der Waals surface area contributed by atoms with E-state index in [0.29, 0.717) is 22.7 Å². The van der Waals surface area contributed by atoms with Crippen molar-refractivity contribution < 1.29 is 19.1 Å². The molecule has 0 spiro atoms. The van der Waals surface area contributed by atoms with E-state index in [4.69, 9.17) is 27.9 Å². The lowest BCUT2D eigenvalue weighted by molar-refractivity contribution is -0.147. The maximum atomic E-state index is 12.6. The number of Topliss-reactive ketones (excluding diaryl/α,β-unsaturated/α-hetero) is 1. The number of carbonyl (C=O) groups excluding carboxylic acids is 3. The van der Waals surface area contributed by atoms with Crippen molar-refractivity contribution in [1.29, 1.82) is 0 Å². The first-order valence-electron chi connectivity index (χ1n) is 11.1. The molecule has 3 aromatic rings. The highest BCUT2D eigenvalue weighted by molar-refractivity contribution is 7.99. The van der Waals surface area contributed by atoms with Crippen LogP contribution in [0, 0.1) is 0 Å². The molecule has 0 aromatic heterocycles. The molecule has 3 rings (SSSR count). The van der Waals surface area contributed by atoms with Gasteiger partial charge in [-0.15, -0.1) is 11.6 Å². The van der Waals surface area contributed by atoms with Crippen molar-refractivity contribution in [2.75, 3.05) is 11.2 Å². The van der Waals surface area contributed by atoms with Crippen LogP contribution in [0.15, 0.2) is 88.7 Å². The first-order chi connectivity index (χ1) is 16.9. The third-order valence-corrected chi connectivity index (χ3v) is 6.45. The summed E-state index contributed by atoms with van der Waals surface area (Å²) < 4.78 is 5.36. The number of hydrogen-bond acceptors (Lipinski definition) is 5. The van der Waals surface area contributed by atoms with Gasteiger partial charge in [0.1, 0.15) is 0 Å². The third kappa shape index (κ3) is 9.06. The molecular weight excluding hydrogens is 505 g/mol. The fraction of sp³-hybridized carbons (Fsp3) is 0.222. The smallest absolute Gasteiger partial charge is 0.306 e. The predicted octanol–water partition coefficient (Wildman–Crippen LogP) is 7.02. The molecule has 0 saturated heterocycles. The van der Waals surface area contributed by atoms with Crippen molar-refractivity contribution in [3.63, 3.8) is 0 Å². The molecule has 0 heterocycles. The number of alkyl halides is 1. The van der Waals surface area contributed by atoms with Gasteiger partial charge in [-0.25, -0.2) is 0 Å². The van der Waals surface area contributed by atoms with Gasteiger partial charge >= 0.3 is 5.97 Å². The minimum atomic E-state index is -0.970. The Morgan fingerprint density at radius 2 is 1.51 bits per heavy atom. The van der Waals surface area contributed by atoms with E-state index in [0.717, 1.165) is 9.79 Å². The summed E-state index contributed by atoms with van der Waals surface area (Å²) in [5.74, 6) is -0.905. The highest BCUT2D eigenvalue weighted by Crippen LogP contribution is 2.28. The maximum Gasteiger partial charge on any atom is 0.306 e. The molecule has 8 heteroatoms. The molecule has 1 N–H and O–H groups in total. The lowest BCUT2D eigenvalue weighted by Crippen LogP contribution is -2.28. The Bertz CT molecular complexity index is 1120. The van der Waals surface area contributed by atoms with Crippen LogP contribution < -0.4 is 5.32 Å². The highest BCUT2D eigenvalue weighted by Gasteiger charge is 2.23. The number of amides is 1. The van der Waals surface area contributed by atoms with Gasteiger partial charge in [0.2, 0.25) is 11.7 Å². The minimum Gasteiger partial charge on any atom is -0.454 e. The highest BCUT2D eigenvalue weighted by atomic mass is 35.5. The van der Waals surface area contributed by atoms with Crippen LogP contribution in [0.3, 0.4) is 0 Å². The van der Waals surface area contributed by atoms with Gasteiger partial charge in [0, 0.05) is 51.2 Å². The van der Waals surface area contributed by atoms with Gasteiger partial charge < -0.3 is 10.1 Å². The molecule has 35 heavy (non-hydrogen) atoms. The van der Waals surface area contributed by atoms with Crippen LogP contribution in [0.2, 0.25) is 5.02 Å². The van der Waals surface area contributed by atoms with Crippen molar-refractivity contribution in [3.05, 3.63) is 89.4 Å². The molecule has 0 saturated carbocycles. The van der Waals surface area contributed by atoms with Crippen LogP contribution in [-0.2, 0) is 14.3 Å². The normalized spacial score (nSPS) is 11.5. The summed E-state index contributed by atoms with van der Waals surface area (Å²) in [4.78, 5) is 39.4. The second-order valence-corrected chi connectivity index (χ2v) is 9.63. The summed E-state index contributed by atoms with van der Waals surface area (Å²) in [6.45, 7) is 0. The Morgan fingerprint density at radius 1 is 0.857 bits per heavy atom. The van der Waals surface area contributed by atoms with Crippen LogP contribution in [0.1, 0.15) is 36.0 Å². The van der Waals surface area contributed by atoms with Crippen molar-refractivity contribution in [1.82, 2.24) is 0 Å². The molecule has 0 aliphatic carbocycles. The maximum absolute atomic E-state index is 12.6. The summed E-state index contributed by atoms with van der Waals surface area (Å²) in [6.07, 6.45) is -0.293. The summed E-state index contributed by atoms with van der Waals surface area (Å²) in [7, 11) is 0. The van der Waals surface area contributed by atoms with Crippen molar-refractivity contribution >= 4 is 58.3 Å². The van der Waals surface area contributed by atoms with Crippen molar-refractivity contribution in [2.45, 2.75) is 41.6 Å². The minimum absolute atomic E-state index is 0.0206. The largest absolute Gasteiger partial charge is 0.454 e. The van der Waals surface area contributed by atoms with E-state index in [1.165, 1.54) is 0 Å². The fourth-order valence-corrected chi connectivity index (χ4v) is 4.37. The number of ether oxygens (including phenoxy) is 1. The zero-order valence-electron chi connectivity index (χ0n) is 18.9. The average Bonchev–Trinajstić information content (AvgIpc) is 2.86. The molecule has 182 valence electrons. The number of ketones is 1. The number of hydrogen-bond donors (Lipinski definition) is 1. The molecule has 1 unspecified atom stereocenters. The summed E-state index contributed by atoms with van der Waals surface area (Å²) in [6, 6.07) is 24.0. The van der Waals surface area contributed by atoms with E-state index in [2.05, 4.69) is 5.32 Å². The van der Waals surface area contributed by atoms with Crippen LogP contribution in [0.5, 0.6) is 0 Å². The van der Waals surface area contributed by atoms with Gasteiger partial charge in [0.05, 0.1) is 0 Å². The monoisotopic (exact) mass is 529 g/mol. The third-order valence-electron chi connectivity index (χ3n) is 4.97. The molecule has 3 aromatic carbocycles. The Hall–Kier alpha value is -2.80.